The second-order valence-electron chi connectivity index (χ2n) is 7.26. The number of benzene rings is 2. The van der Waals surface area contributed by atoms with Crippen molar-refractivity contribution in [2.45, 2.75) is 23.1 Å². The van der Waals surface area contributed by atoms with Gasteiger partial charge in [0, 0.05) is 17.8 Å². The van der Waals surface area contributed by atoms with Crippen molar-refractivity contribution in [2.75, 3.05) is 11.9 Å². The number of hydrogen-bond acceptors (Lipinski definition) is 6. The Balaban J connectivity index is 1.37. The quantitative estimate of drug-likeness (QED) is 0.485. The molecule has 158 valence electrons. The van der Waals surface area contributed by atoms with Crippen LogP contribution in [-0.4, -0.2) is 36.2 Å². The summed E-state index contributed by atoms with van der Waals surface area (Å²) in [5.41, 5.74) is 2.73. The Bertz CT molecular complexity index is 1310. The maximum Gasteiger partial charge on any atom is 0.253 e. The van der Waals surface area contributed by atoms with Crippen molar-refractivity contribution in [2.24, 2.45) is 0 Å². The standard InChI is InChI=1S/C22H19N3O4S2/c26-21(18-9-4-12-25(18)31(27,28)20-11-5-13-30-20)23-16-7-3-6-15(14-16)22-24-17-8-1-2-10-19(17)29-22/h1-3,5-8,10-11,13-14,18H,4,9,12H2,(H,23,26). The average Bonchev–Trinajstić information content (AvgIpc) is 3.54. The molecule has 5 rings (SSSR count). The lowest BCUT2D eigenvalue weighted by atomic mass is 10.1. The lowest BCUT2D eigenvalue weighted by molar-refractivity contribution is -0.119. The predicted octanol–water partition coefficient (Wildman–Crippen LogP) is 4.35. The van der Waals surface area contributed by atoms with Crippen LogP contribution in [0.15, 0.2) is 74.7 Å². The summed E-state index contributed by atoms with van der Waals surface area (Å²) in [5.74, 6) is 0.118. The number of carbonyl (C=O) groups is 1. The van der Waals surface area contributed by atoms with E-state index < -0.39 is 16.1 Å². The van der Waals surface area contributed by atoms with E-state index in [4.69, 9.17) is 4.42 Å². The smallest absolute Gasteiger partial charge is 0.253 e. The molecule has 0 bridgehead atoms. The number of carbonyl (C=O) groups excluding carboxylic acids is 1. The summed E-state index contributed by atoms with van der Waals surface area (Å²) < 4.78 is 33.2. The lowest BCUT2D eigenvalue weighted by Crippen LogP contribution is -2.42. The lowest BCUT2D eigenvalue weighted by Gasteiger charge is -2.22. The third-order valence-corrected chi connectivity index (χ3v) is 8.52. The molecule has 7 nitrogen and oxygen atoms in total. The number of nitrogens with one attached hydrogen (secondary N) is 1. The summed E-state index contributed by atoms with van der Waals surface area (Å²) >= 11 is 1.16. The summed E-state index contributed by atoms with van der Waals surface area (Å²) in [7, 11) is -3.68. The molecule has 2 aromatic heterocycles. The highest BCUT2D eigenvalue weighted by Crippen LogP contribution is 2.30. The molecule has 9 heteroatoms. The number of amides is 1. The number of oxazole rings is 1. The molecule has 4 aromatic rings. The minimum atomic E-state index is -3.68. The van der Waals surface area contributed by atoms with E-state index in [-0.39, 0.29) is 10.1 Å². The number of hydrogen-bond donors (Lipinski definition) is 1. The molecule has 1 atom stereocenters. The fourth-order valence-corrected chi connectivity index (χ4v) is 6.54. The fourth-order valence-electron chi connectivity index (χ4n) is 3.77. The molecule has 0 radical (unpaired) electrons. The van der Waals surface area contributed by atoms with Crippen molar-refractivity contribution in [1.29, 1.82) is 0 Å². The number of anilines is 1. The minimum Gasteiger partial charge on any atom is -0.436 e. The number of fused-ring (bicyclic) bond motifs is 1. The molecule has 2 aromatic carbocycles. The summed E-state index contributed by atoms with van der Waals surface area (Å²) in [6.07, 6.45) is 1.13. The van der Waals surface area contributed by atoms with Gasteiger partial charge in [0.25, 0.3) is 10.0 Å². The number of sulfonamides is 1. The van der Waals surface area contributed by atoms with Gasteiger partial charge in [0.15, 0.2) is 5.58 Å². The highest BCUT2D eigenvalue weighted by atomic mass is 32.2. The van der Waals surface area contributed by atoms with Gasteiger partial charge in [-0.1, -0.05) is 24.3 Å². The molecule has 1 fully saturated rings. The van der Waals surface area contributed by atoms with E-state index >= 15 is 0 Å². The summed E-state index contributed by atoms with van der Waals surface area (Å²) in [5, 5.41) is 4.58. The van der Waals surface area contributed by atoms with Crippen molar-refractivity contribution in [3.05, 3.63) is 66.0 Å². The summed E-state index contributed by atoms with van der Waals surface area (Å²) in [6.45, 7) is 0.335. The first kappa shape index (κ1) is 19.9. The summed E-state index contributed by atoms with van der Waals surface area (Å²) in [6, 6.07) is 17.2. The normalized spacial score (nSPS) is 17.2. The van der Waals surface area contributed by atoms with Crippen molar-refractivity contribution < 1.29 is 17.6 Å². The number of aromatic nitrogens is 1. The van der Waals surface area contributed by atoms with E-state index in [1.165, 1.54) is 4.31 Å². The summed E-state index contributed by atoms with van der Waals surface area (Å²) in [4.78, 5) is 17.5. The zero-order chi connectivity index (χ0) is 21.4. The molecular formula is C22H19N3O4S2. The predicted molar refractivity (Wildman–Crippen MR) is 119 cm³/mol. The largest absolute Gasteiger partial charge is 0.436 e. The number of nitrogens with zero attached hydrogens (tertiary/aromatic N) is 2. The Labute approximate surface area is 183 Å². The van der Waals surface area contributed by atoms with Gasteiger partial charge in [-0.2, -0.15) is 4.31 Å². The van der Waals surface area contributed by atoms with Crippen LogP contribution in [0.4, 0.5) is 5.69 Å². The van der Waals surface area contributed by atoms with Crippen LogP contribution in [0.25, 0.3) is 22.6 Å². The van der Waals surface area contributed by atoms with Gasteiger partial charge in [-0.15, -0.1) is 11.3 Å². The van der Waals surface area contributed by atoms with Crippen LogP contribution in [0.2, 0.25) is 0 Å². The van der Waals surface area contributed by atoms with Crippen LogP contribution in [0, 0.1) is 0 Å². The Hall–Kier alpha value is -3.01. The molecule has 0 spiro atoms. The molecule has 1 aliphatic rings. The van der Waals surface area contributed by atoms with Gasteiger partial charge in [0.05, 0.1) is 0 Å². The molecular weight excluding hydrogens is 434 g/mol. The van der Waals surface area contributed by atoms with Crippen molar-refractivity contribution in [3.8, 4) is 11.5 Å². The van der Waals surface area contributed by atoms with Crippen molar-refractivity contribution >= 4 is 44.1 Å². The highest BCUT2D eigenvalue weighted by molar-refractivity contribution is 7.91. The van der Waals surface area contributed by atoms with E-state index in [2.05, 4.69) is 10.3 Å². The van der Waals surface area contributed by atoms with Crippen molar-refractivity contribution in [1.82, 2.24) is 9.29 Å². The molecule has 31 heavy (non-hydrogen) atoms. The Kier molecular flexibility index (Phi) is 5.09. The van der Waals surface area contributed by atoms with E-state index in [0.29, 0.717) is 36.5 Å². The van der Waals surface area contributed by atoms with Gasteiger partial charge in [-0.25, -0.2) is 13.4 Å². The second-order valence-corrected chi connectivity index (χ2v) is 10.3. The van der Waals surface area contributed by atoms with E-state index in [1.54, 1.807) is 35.7 Å². The Morgan fingerprint density at radius 1 is 1.13 bits per heavy atom. The zero-order valence-corrected chi connectivity index (χ0v) is 18.0. The number of thiophene rings is 1. The van der Waals surface area contributed by atoms with Crippen LogP contribution in [0.3, 0.4) is 0 Å². The maximum absolute atomic E-state index is 13.0. The van der Waals surface area contributed by atoms with Crippen LogP contribution in [0.1, 0.15) is 12.8 Å². The third kappa shape index (κ3) is 3.76. The van der Waals surface area contributed by atoms with Gasteiger partial charge in [-0.05, 0) is 54.6 Å². The first-order chi connectivity index (χ1) is 15.0. The van der Waals surface area contributed by atoms with E-state index in [9.17, 15) is 13.2 Å². The van der Waals surface area contributed by atoms with Crippen LogP contribution in [-0.2, 0) is 14.8 Å². The van der Waals surface area contributed by atoms with Crippen molar-refractivity contribution in [3.63, 3.8) is 0 Å². The number of para-hydroxylation sites is 2. The Morgan fingerprint density at radius 2 is 2.00 bits per heavy atom. The SMILES string of the molecule is O=C(Nc1cccc(-c2nc3ccccc3o2)c1)C1CCCN1S(=O)(=O)c1cccs1. The number of rotatable bonds is 5. The molecule has 1 aliphatic heterocycles. The maximum atomic E-state index is 13.0. The molecule has 1 unspecified atom stereocenters. The van der Waals surface area contributed by atoms with Gasteiger partial charge in [-0.3, -0.25) is 4.79 Å². The first-order valence-corrected chi connectivity index (χ1v) is 12.2. The monoisotopic (exact) mass is 453 g/mol. The molecule has 1 N–H and O–H groups in total. The molecule has 1 amide bonds. The van der Waals surface area contributed by atoms with Gasteiger partial charge in [0.1, 0.15) is 15.8 Å². The van der Waals surface area contributed by atoms with Gasteiger partial charge in [0.2, 0.25) is 11.8 Å². The van der Waals surface area contributed by atoms with Gasteiger partial charge < -0.3 is 9.73 Å². The third-order valence-electron chi connectivity index (χ3n) is 5.24. The first-order valence-electron chi connectivity index (χ1n) is 9.84. The average molecular weight is 454 g/mol. The topological polar surface area (TPSA) is 92.5 Å². The second kappa shape index (κ2) is 7.92. The minimum absolute atomic E-state index is 0.255. The van der Waals surface area contributed by atoms with Crippen LogP contribution < -0.4 is 5.32 Å². The molecule has 0 saturated carbocycles. The highest BCUT2D eigenvalue weighted by Gasteiger charge is 2.39. The van der Waals surface area contributed by atoms with Crippen LogP contribution >= 0.6 is 11.3 Å². The molecule has 3 heterocycles. The van der Waals surface area contributed by atoms with E-state index in [0.717, 1.165) is 22.4 Å². The molecule has 0 aliphatic carbocycles. The van der Waals surface area contributed by atoms with E-state index in [1.807, 2.05) is 30.3 Å². The zero-order valence-electron chi connectivity index (χ0n) is 16.4. The Morgan fingerprint density at radius 3 is 2.81 bits per heavy atom. The van der Waals surface area contributed by atoms with Gasteiger partial charge >= 0.3 is 0 Å². The molecule has 1 saturated heterocycles. The van der Waals surface area contributed by atoms with Crippen LogP contribution in [0.5, 0.6) is 0 Å². The fraction of sp³-hybridized carbons (Fsp3) is 0.182.